The molecule has 3 N–H and O–H groups in total. The van der Waals surface area contributed by atoms with Crippen LogP contribution in [-0.2, 0) is 9.53 Å². The zero-order valence-electron chi connectivity index (χ0n) is 10.8. The predicted octanol–water partition coefficient (Wildman–Crippen LogP) is 2.15. The van der Waals surface area contributed by atoms with Gasteiger partial charge in [0.25, 0.3) is 5.91 Å². The van der Waals surface area contributed by atoms with Gasteiger partial charge in [0.1, 0.15) is 0 Å². The fourth-order valence-electron chi connectivity index (χ4n) is 1.56. The molecule has 0 aliphatic rings. The molecule has 0 aliphatic heterocycles. The first-order valence-electron chi connectivity index (χ1n) is 5.79. The van der Waals surface area contributed by atoms with Crippen LogP contribution in [0.3, 0.4) is 0 Å². The van der Waals surface area contributed by atoms with E-state index in [1.165, 1.54) is 11.3 Å². The van der Waals surface area contributed by atoms with Crippen LogP contribution in [0.15, 0.2) is 29.6 Å². The number of carbonyl (C=O) groups is 2. The molecule has 104 valence electrons. The lowest BCUT2D eigenvalue weighted by atomic mass is 10.1. The maximum absolute atomic E-state index is 11.4. The molecule has 7 heteroatoms. The molecule has 2 rings (SSSR count). The summed E-state index contributed by atoms with van der Waals surface area (Å²) in [4.78, 5) is 26.1. The molecular formula is C13H13N3O3S. The summed E-state index contributed by atoms with van der Waals surface area (Å²) in [6.45, 7) is 1.58. The van der Waals surface area contributed by atoms with E-state index < -0.39 is 18.6 Å². The van der Waals surface area contributed by atoms with E-state index in [1.807, 2.05) is 36.6 Å². The van der Waals surface area contributed by atoms with Crippen LogP contribution in [0.2, 0.25) is 0 Å². The number of aromatic nitrogens is 1. The molecule has 20 heavy (non-hydrogen) atoms. The predicted molar refractivity (Wildman–Crippen MR) is 76.5 cm³/mol. The van der Waals surface area contributed by atoms with Gasteiger partial charge in [-0.2, -0.15) is 0 Å². The molecule has 2 aromatic rings. The van der Waals surface area contributed by atoms with Crippen LogP contribution >= 0.6 is 11.3 Å². The molecule has 2 amide bonds. The number of thiazole rings is 1. The van der Waals surface area contributed by atoms with Crippen molar-refractivity contribution in [2.45, 2.75) is 6.92 Å². The second-order valence-corrected chi connectivity index (χ2v) is 4.92. The normalized spacial score (nSPS) is 10.1. The Morgan fingerprint density at radius 3 is 2.95 bits per heavy atom. The molecule has 1 aromatic carbocycles. The van der Waals surface area contributed by atoms with Crippen LogP contribution in [-0.4, -0.2) is 23.6 Å². The first-order valence-corrected chi connectivity index (χ1v) is 6.67. The number of nitrogens with zero attached hydrogens (tertiary/aromatic N) is 1. The van der Waals surface area contributed by atoms with E-state index >= 15 is 0 Å². The molecule has 0 aliphatic carbocycles. The van der Waals surface area contributed by atoms with Crippen molar-refractivity contribution in [1.82, 2.24) is 4.98 Å². The second kappa shape index (κ2) is 6.16. The van der Waals surface area contributed by atoms with Gasteiger partial charge in [0.15, 0.2) is 11.7 Å². The molecular weight excluding hydrogens is 278 g/mol. The Balaban J connectivity index is 2.02. The van der Waals surface area contributed by atoms with Gasteiger partial charge in [-0.25, -0.2) is 9.78 Å². The summed E-state index contributed by atoms with van der Waals surface area (Å²) in [6.07, 6.45) is -0.986. The van der Waals surface area contributed by atoms with E-state index in [0.29, 0.717) is 5.13 Å². The van der Waals surface area contributed by atoms with E-state index in [1.54, 1.807) is 0 Å². The van der Waals surface area contributed by atoms with Crippen LogP contribution in [0.5, 0.6) is 0 Å². The van der Waals surface area contributed by atoms with Crippen LogP contribution in [0.1, 0.15) is 5.56 Å². The largest absolute Gasteiger partial charge is 0.440 e. The van der Waals surface area contributed by atoms with Crippen LogP contribution < -0.4 is 11.1 Å². The summed E-state index contributed by atoms with van der Waals surface area (Å²) in [6, 6.07) is 7.91. The number of amides is 2. The lowest BCUT2D eigenvalue weighted by Gasteiger charge is -2.01. The van der Waals surface area contributed by atoms with Crippen LogP contribution in [0, 0.1) is 6.92 Å². The van der Waals surface area contributed by atoms with Crippen molar-refractivity contribution in [1.29, 1.82) is 0 Å². The number of aryl methyl sites for hydroxylation is 1. The molecule has 0 saturated carbocycles. The maximum Gasteiger partial charge on any atom is 0.405 e. The van der Waals surface area contributed by atoms with Gasteiger partial charge in [0.05, 0.1) is 5.69 Å². The van der Waals surface area contributed by atoms with Crippen molar-refractivity contribution in [3.05, 3.63) is 35.2 Å². The molecule has 0 radical (unpaired) electrons. The summed E-state index contributed by atoms with van der Waals surface area (Å²) in [5.41, 5.74) is 7.67. The minimum Gasteiger partial charge on any atom is -0.440 e. The monoisotopic (exact) mass is 291 g/mol. The molecule has 0 bridgehead atoms. The van der Waals surface area contributed by atoms with Gasteiger partial charge in [-0.1, -0.05) is 23.8 Å². The molecule has 1 aromatic heterocycles. The molecule has 0 fully saturated rings. The maximum atomic E-state index is 11.4. The zero-order chi connectivity index (χ0) is 14.5. The summed E-state index contributed by atoms with van der Waals surface area (Å²) in [5, 5.41) is 4.83. The zero-order valence-corrected chi connectivity index (χ0v) is 11.6. The summed E-state index contributed by atoms with van der Waals surface area (Å²) < 4.78 is 4.39. The van der Waals surface area contributed by atoms with E-state index in [9.17, 15) is 9.59 Å². The fraction of sp³-hybridized carbons (Fsp3) is 0.154. The third-order valence-corrected chi connectivity index (χ3v) is 3.17. The van der Waals surface area contributed by atoms with Gasteiger partial charge in [-0.05, 0) is 13.0 Å². The standard InChI is InChI=1S/C13H13N3O3S/c1-8-3-2-4-9(5-8)10-7-20-13(15-10)16-11(17)6-19-12(14)18/h2-5,7H,6H2,1H3,(H2,14,18)(H,15,16,17). The highest BCUT2D eigenvalue weighted by Gasteiger charge is 2.09. The van der Waals surface area contributed by atoms with E-state index in [2.05, 4.69) is 15.0 Å². The minimum absolute atomic E-state index is 0.422. The summed E-state index contributed by atoms with van der Waals surface area (Å²) in [5.74, 6) is -0.478. The van der Waals surface area contributed by atoms with Crippen molar-refractivity contribution < 1.29 is 14.3 Å². The molecule has 1 heterocycles. The topological polar surface area (TPSA) is 94.3 Å². The smallest absolute Gasteiger partial charge is 0.405 e. The van der Waals surface area contributed by atoms with Crippen molar-refractivity contribution in [2.24, 2.45) is 5.73 Å². The number of nitrogens with two attached hydrogens (primary N) is 1. The lowest BCUT2D eigenvalue weighted by molar-refractivity contribution is -0.118. The van der Waals surface area contributed by atoms with E-state index in [4.69, 9.17) is 5.73 Å². The summed E-state index contributed by atoms with van der Waals surface area (Å²) >= 11 is 1.30. The van der Waals surface area contributed by atoms with Gasteiger partial charge < -0.3 is 10.5 Å². The van der Waals surface area contributed by atoms with Crippen LogP contribution in [0.4, 0.5) is 9.93 Å². The average molecular weight is 291 g/mol. The van der Waals surface area contributed by atoms with Crippen molar-refractivity contribution in [3.63, 3.8) is 0 Å². The number of primary amides is 1. The molecule has 0 spiro atoms. The second-order valence-electron chi connectivity index (χ2n) is 4.06. The Kier molecular flexibility index (Phi) is 4.31. The van der Waals surface area contributed by atoms with E-state index in [-0.39, 0.29) is 0 Å². The Hall–Kier alpha value is -2.41. The van der Waals surface area contributed by atoms with Crippen molar-refractivity contribution >= 4 is 28.5 Å². The van der Waals surface area contributed by atoms with Gasteiger partial charge in [0, 0.05) is 10.9 Å². The van der Waals surface area contributed by atoms with Gasteiger partial charge in [-0.3, -0.25) is 10.1 Å². The van der Waals surface area contributed by atoms with Crippen molar-refractivity contribution in [2.75, 3.05) is 11.9 Å². The SMILES string of the molecule is Cc1cccc(-c2csc(NC(=O)COC(N)=O)n2)c1. The summed E-state index contributed by atoms with van der Waals surface area (Å²) in [7, 11) is 0. The number of carbonyl (C=O) groups excluding carboxylic acids is 2. The molecule has 0 unspecified atom stereocenters. The number of nitrogens with one attached hydrogen (secondary N) is 1. The highest BCUT2D eigenvalue weighted by Crippen LogP contribution is 2.25. The number of hydrogen-bond acceptors (Lipinski definition) is 5. The van der Waals surface area contributed by atoms with Crippen LogP contribution in [0.25, 0.3) is 11.3 Å². The Morgan fingerprint density at radius 1 is 1.45 bits per heavy atom. The molecule has 0 saturated heterocycles. The van der Waals surface area contributed by atoms with E-state index in [0.717, 1.165) is 16.8 Å². The Bertz CT molecular complexity index is 639. The van der Waals surface area contributed by atoms with Gasteiger partial charge in [0.2, 0.25) is 0 Å². The first-order chi connectivity index (χ1) is 9.54. The third kappa shape index (κ3) is 3.79. The minimum atomic E-state index is -0.986. The molecule has 6 nitrogen and oxygen atoms in total. The van der Waals surface area contributed by atoms with Gasteiger partial charge >= 0.3 is 6.09 Å². The lowest BCUT2D eigenvalue weighted by Crippen LogP contribution is -2.23. The number of benzene rings is 1. The molecule has 0 atom stereocenters. The fourth-order valence-corrected chi connectivity index (χ4v) is 2.30. The Morgan fingerprint density at radius 2 is 2.25 bits per heavy atom. The number of hydrogen-bond donors (Lipinski definition) is 2. The quantitative estimate of drug-likeness (QED) is 0.902. The highest BCUT2D eigenvalue weighted by molar-refractivity contribution is 7.14. The first kappa shape index (κ1) is 14.0. The van der Waals surface area contributed by atoms with Crippen molar-refractivity contribution in [3.8, 4) is 11.3 Å². The number of ether oxygens (including phenoxy) is 1. The average Bonchev–Trinajstić information content (AvgIpc) is 2.85. The van der Waals surface area contributed by atoms with Gasteiger partial charge in [-0.15, -0.1) is 11.3 Å². The number of anilines is 1. The number of rotatable bonds is 4. The Labute approximate surface area is 119 Å². The highest BCUT2D eigenvalue weighted by atomic mass is 32.1. The third-order valence-electron chi connectivity index (χ3n) is 2.41.